The van der Waals surface area contributed by atoms with Crippen molar-refractivity contribution in [2.75, 3.05) is 25.5 Å². The van der Waals surface area contributed by atoms with Crippen molar-refractivity contribution in [1.82, 2.24) is 15.2 Å². The third-order valence-electron chi connectivity index (χ3n) is 4.39. The molecule has 0 unspecified atom stereocenters. The van der Waals surface area contributed by atoms with Crippen molar-refractivity contribution < 1.29 is 14.0 Å². The molecule has 1 fully saturated rings. The Labute approximate surface area is 146 Å². The van der Waals surface area contributed by atoms with Crippen molar-refractivity contribution in [2.24, 2.45) is 0 Å². The standard InChI is InChI=1S/C18H22N4O3/c1-11-4-5-16(25-11)14-9-22(10-15(14)21-12(2)23)18(24)13-6-7-20-17(8-13)19-3/h4-8,14-15H,9-10H2,1-3H3,(H,19,20)(H,21,23)/t14-,15-/m0/s1. The summed E-state index contributed by atoms with van der Waals surface area (Å²) in [5.41, 5.74) is 0.567. The van der Waals surface area contributed by atoms with Gasteiger partial charge in [-0.3, -0.25) is 9.59 Å². The molecule has 0 bridgehead atoms. The molecule has 2 N–H and O–H groups in total. The normalized spacial score (nSPS) is 19.7. The summed E-state index contributed by atoms with van der Waals surface area (Å²) in [4.78, 5) is 30.3. The third kappa shape index (κ3) is 3.65. The number of pyridine rings is 1. The van der Waals surface area contributed by atoms with Crippen molar-refractivity contribution in [3.63, 3.8) is 0 Å². The van der Waals surface area contributed by atoms with Crippen LogP contribution in [0.25, 0.3) is 0 Å². The number of rotatable bonds is 4. The molecule has 0 aliphatic carbocycles. The molecule has 7 heteroatoms. The minimum absolute atomic E-state index is 0.0628. The third-order valence-corrected chi connectivity index (χ3v) is 4.39. The van der Waals surface area contributed by atoms with E-state index in [1.54, 1.807) is 30.3 Å². The van der Waals surface area contributed by atoms with E-state index < -0.39 is 0 Å². The molecule has 3 rings (SSSR count). The molecule has 2 aromatic heterocycles. The molecule has 2 amide bonds. The van der Waals surface area contributed by atoms with Gasteiger partial charge in [-0.05, 0) is 31.2 Å². The predicted molar refractivity (Wildman–Crippen MR) is 93.5 cm³/mol. The summed E-state index contributed by atoms with van der Waals surface area (Å²) >= 11 is 0. The molecule has 1 aliphatic rings. The predicted octanol–water partition coefficient (Wildman–Crippen LogP) is 1.77. The Morgan fingerprint density at radius 1 is 1.28 bits per heavy atom. The van der Waals surface area contributed by atoms with Gasteiger partial charge in [-0.15, -0.1) is 0 Å². The smallest absolute Gasteiger partial charge is 0.254 e. The molecule has 3 heterocycles. The molecule has 7 nitrogen and oxygen atoms in total. The number of aryl methyl sites for hydroxylation is 1. The largest absolute Gasteiger partial charge is 0.466 e. The van der Waals surface area contributed by atoms with E-state index in [2.05, 4.69) is 15.6 Å². The van der Waals surface area contributed by atoms with Gasteiger partial charge in [0.25, 0.3) is 5.91 Å². The highest BCUT2D eigenvalue weighted by Gasteiger charge is 2.38. The summed E-state index contributed by atoms with van der Waals surface area (Å²) in [5, 5.41) is 5.87. The van der Waals surface area contributed by atoms with Crippen molar-refractivity contribution >= 4 is 17.6 Å². The lowest BCUT2D eigenvalue weighted by Gasteiger charge is -2.17. The Balaban J connectivity index is 1.82. The highest BCUT2D eigenvalue weighted by molar-refractivity contribution is 5.95. The van der Waals surface area contributed by atoms with E-state index in [1.165, 1.54) is 6.92 Å². The van der Waals surface area contributed by atoms with Crippen molar-refractivity contribution in [1.29, 1.82) is 0 Å². The van der Waals surface area contributed by atoms with E-state index in [1.807, 2.05) is 19.1 Å². The summed E-state index contributed by atoms with van der Waals surface area (Å²) in [5.74, 6) is 1.98. The van der Waals surface area contributed by atoms with Crippen LogP contribution in [0.15, 0.2) is 34.9 Å². The van der Waals surface area contributed by atoms with Crippen LogP contribution in [0.5, 0.6) is 0 Å². The SMILES string of the molecule is CNc1cc(C(=O)N2C[C@H](NC(C)=O)[C@@H](c3ccc(C)o3)C2)ccn1. The zero-order valence-corrected chi connectivity index (χ0v) is 14.6. The van der Waals surface area contributed by atoms with Gasteiger partial charge in [0.15, 0.2) is 0 Å². The van der Waals surface area contributed by atoms with Crippen LogP contribution in [-0.4, -0.2) is 47.9 Å². The average Bonchev–Trinajstić information content (AvgIpc) is 3.20. The molecule has 0 saturated carbocycles. The number of nitrogens with zero attached hydrogens (tertiary/aromatic N) is 2. The maximum Gasteiger partial charge on any atom is 0.254 e. The van der Waals surface area contributed by atoms with Gasteiger partial charge in [-0.2, -0.15) is 0 Å². The number of nitrogens with one attached hydrogen (secondary N) is 2. The Morgan fingerprint density at radius 3 is 2.72 bits per heavy atom. The maximum absolute atomic E-state index is 12.9. The Hall–Kier alpha value is -2.83. The Bertz CT molecular complexity index is 786. The number of hydrogen-bond donors (Lipinski definition) is 2. The topological polar surface area (TPSA) is 87.5 Å². The summed E-state index contributed by atoms with van der Waals surface area (Å²) in [6.07, 6.45) is 1.60. The van der Waals surface area contributed by atoms with Gasteiger partial charge in [-0.25, -0.2) is 4.98 Å². The van der Waals surface area contributed by atoms with Gasteiger partial charge in [0.05, 0.1) is 12.0 Å². The van der Waals surface area contributed by atoms with E-state index in [4.69, 9.17) is 4.42 Å². The minimum atomic E-state index is -0.169. The fourth-order valence-electron chi connectivity index (χ4n) is 3.20. The first-order valence-corrected chi connectivity index (χ1v) is 8.24. The Kier molecular flexibility index (Phi) is 4.74. The molecule has 0 spiro atoms. The minimum Gasteiger partial charge on any atom is -0.466 e. The van der Waals surface area contributed by atoms with E-state index in [9.17, 15) is 9.59 Å². The first-order valence-electron chi connectivity index (χ1n) is 8.24. The van der Waals surface area contributed by atoms with E-state index >= 15 is 0 Å². The van der Waals surface area contributed by atoms with Crippen LogP contribution in [0.4, 0.5) is 5.82 Å². The maximum atomic E-state index is 12.9. The second kappa shape index (κ2) is 6.96. The van der Waals surface area contributed by atoms with Gasteiger partial charge in [0.1, 0.15) is 17.3 Å². The van der Waals surface area contributed by atoms with E-state index in [0.29, 0.717) is 24.5 Å². The lowest BCUT2D eigenvalue weighted by molar-refractivity contribution is -0.119. The molecule has 25 heavy (non-hydrogen) atoms. The number of hydrogen-bond acceptors (Lipinski definition) is 5. The van der Waals surface area contributed by atoms with Crippen LogP contribution in [0.2, 0.25) is 0 Å². The van der Waals surface area contributed by atoms with Gasteiger partial charge in [-0.1, -0.05) is 0 Å². The van der Waals surface area contributed by atoms with Crippen LogP contribution in [0.3, 0.4) is 0 Å². The zero-order valence-electron chi connectivity index (χ0n) is 14.6. The van der Waals surface area contributed by atoms with Crippen LogP contribution < -0.4 is 10.6 Å². The molecule has 132 valence electrons. The summed E-state index contributed by atoms with van der Waals surface area (Å²) in [6, 6.07) is 7.06. The monoisotopic (exact) mass is 342 g/mol. The van der Waals surface area contributed by atoms with Crippen LogP contribution in [-0.2, 0) is 4.79 Å². The highest BCUT2D eigenvalue weighted by atomic mass is 16.3. The quantitative estimate of drug-likeness (QED) is 0.884. The van der Waals surface area contributed by atoms with Gasteiger partial charge < -0.3 is 20.0 Å². The molecule has 1 saturated heterocycles. The van der Waals surface area contributed by atoms with E-state index in [0.717, 1.165) is 11.5 Å². The van der Waals surface area contributed by atoms with Crippen molar-refractivity contribution in [2.45, 2.75) is 25.8 Å². The van der Waals surface area contributed by atoms with Gasteiger partial charge >= 0.3 is 0 Å². The first-order chi connectivity index (χ1) is 12.0. The molecule has 1 aliphatic heterocycles. The number of aromatic nitrogens is 1. The second-order valence-electron chi connectivity index (χ2n) is 6.25. The first kappa shape index (κ1) is 17.0. The molecular formula is C18H22N4O3. The fraction of sp³-hybridized carbons (Fsp3) is 0.389. The number of likely N-dealkylation sites (tertiary alicyclic amines) is 1. The molecule has 0 aromatic carbocycles. The average molecular weight is 342 g/mol. The zero-order chi connectivity index (χ0) is 18.0. The summed E-state index contributed by atoms with van der Waals surface area (Å²) in [7, 11) is 1.76. The number of anilines is 1. The number of furan rings is 1. The lowest BCUT2D eigenvalue weighted by Crippen LogP contribution is -2.39. The molecule has 2 aromatic rings. The second-order valence-corrected chi connectivity index (χ2v) is 6.25. The summed E-state index contributed by atoms with van der Waals surface area (Å²) < 4.78 is 5.74. The van der Waals surface area contributed by atoms with Crippen molar-refractivity contribution in [3.8, 4) is 0 Å². The molecular weight excluding hydrogens is 320 g/mol. The van der Waals surface area contributed by atoms with Gasteiger partial charge in [0, 0.05) is 38.8 Å². The van der Waals surface area contributed by atoms with Crippen LogP contribution in [0.1, 0.15) is 34.7 Å². The molecule has 2 atom stereocenters. The van der Waals surface area contributed by atoms with Gasteiger partial charge in [0.2, 0.25) is 5.91 Å². The lowest BCUT2D eigenvalue weighted by atomic mass is 10.0. The summed E-state index contributed by atoms with van der Waals surface area (Å²) in [6.45, 7) is 4.30. The number of amides is 2. The number of carbonyl (C=O) groups excluding carboxylic acids is 2. The molecule has 0 radical (unpaired) electrons. The van der Waals surface area contributed by atoms with Crippen LogP contribution >= 0.6 is 0 Å². The highest BCUT2D eigenvalue weighted by Crippen LogP contribution is 2.30. The fourth-order valence-corrected chi connectivity index (χ4v) is 3.20. The van der Waals surface area contributed by atoms with Crippen molar-refractivity contribution in [3.05, 3.63) is 47.5 Å². The van der Waals surface area contributed by atoms with Crippen LogP contribution in [0, 0.1) is 6.92 Å². The number of carbonyl (C=O) groups is 2. The Morgan fingerprint density at radius 2 is 2.08 bits per heavy atom. The van der Waals surface area contributed by atoms with E-state index in [-0.39, 0.29) is 23.8 Å².